The highest BCUT2D eigenvalue weighted by molar-refractivity contribution is 6.12. The van der Waals surface area contributed by atoms with Gasteiger partial charge in [-0.2, -0.15) is 0 Å². The summed E-state index contributed by atoms with van der Waals surface area (Å²) in [5.74, 6) is 0.633. The molecule has 1 aromatic heterocycles. The van der Waals surface area contributed by atoms with Crippen LogP contribution in [0, 0.1) is 6.92 Å². The number of benzene rings is 2. The predicted molar refractivity (Wildman–Crippen MR) is 108 cm³/mol. The van der Waals surface area contributed by atoms with Crippen LogP contribution in [0.2, 0.25) is 0 Å². The second kappa shape index (κ2) is 6.31. The number of hydrogen-bond acceptors (Lipinski definition) is 3. The van der Waals surface area contributed by atoms with Crippen molar-refractivity contribution in [3.8, 4) is 5.75 Å². The van der Waals surface area contributed by atoms with Gasteiger partial charge in [0.1, 0.15) is 5.75 Å². The van der Waals surface area contributed by atoms with Crippen molar-refractivity contribution in [3.63, 3.8) is 0 Å². The molecule has 0 amide bonds. The number of ketones is 1. The van der Waals surface area contributed by atoms with Gasteiger partial charge in [-0.05, 0) is 45.9 Å². The molecule has 4 heteroatoms. The van der Waals surface area contributed by atoms with E-state index in [4.69, 9.17) is 4.74 Å². The van der Waals surface area contributed by atoms with Gasteiger partial charge in [0.25, 0.3) is 0 Å². The Morgan fingerprint density at radius 3 is 2.56 bits per heavy atom. The smallest absolute Gasteiger partial charge is 0.198 e. The van der Waals surface area contributed by atoms with Crippen LogP contribution in [0.15, 0.2) is 60.3 Å². The molecule has 0 aliphatic carbocycles. The second-order valence-corrected chi connectivity index (χ2v) is 8.03. The average molecular weight is 360 g/mol. The number of aryl methyl sites for hydroxylation is 1. The van der Waals surface area contributed by atoms with Gasteiger partial charge in [0.2, 0.25) is 0 Å². The monoisotopic (exact) mass is 360 g/mol. The molecule has 0 radical (unpaired) electrons. The van der Waals surface area contributed by atoms with Gasteiger partial charge in [-0.3, -0.25) is 4.79 Å². The normalized spacial score (nSPS) is 18.4. The lowest BCUT2D eigenvalue weighted by Gasteiger charge is -2.29. The van der Waals surface area contributed by atoms with Gasteiger partial charge in [0.05, 0.1) is 11.1 Å². The Morgan fingerprint density at radius 1 is 1.07 bits per heavy atom. The molecular weight excluding hydrogens is 336 g/mol. The molecule has 1 aliphatic rings. The van der Waals surface area contributed by atoms with Crippen molar-refractivity contribution < 1.29 is 9.53 Å². The van der Waals surface area contributed by atoms with Crippen LogP contribution >= 0.6 is 0 Å². The van der Waals surface area contributed by atoms with Crippen LogP contribution in [0.5, 0.6) is 5.75 Å². The van der Waals surface area contributed by atoms with E-state index in [2.05, 4.69) is 37.1 Å². The Balaban J connectivity index is 1.90. The molecular formula is C23H24N2O2. The fourth-order valence-corrected chi connectivity index (χ4v) is 3.51. The molecule has 2 heterocycles. The van der Waals surface area contributed by atoms with Crippen LogP contribution < -0.4 is 10.1 Å². The van der Waals surface area contributed by atoms with Crippen LogP contribution in [0.3, 0.4) is 0 Å². The molecule has 4 rings (SSSR count). The van der Waals surface area contributed by atoms with Crippen LogP contribution in [0.25, 0.3) is 10.9 Å². The van der Waals surface area contributed by atoms with E-state index < -0.39 is 6.10 Å². The largest absolute Gasteiger partial charge is 0.480 e. The number of rotatable bonds is 2. The number of aromatic nitrogens is 1. The number of Topliss-reactive ketones (excluding diaryl/α,β-unsaturated/α-hetero) is 1. The standard InChI is InChI=1S/C23H24N2O2/c1-14-20(15-9-5-7-11-18(15)25-14)22-17(13-24-23(2,3)4)21(26)16-10-6-8-12-19(16)27-22/h5-13,22,24-25H,1-4H3/b17-13+. The highest BCUT2D eigenvalue weighted by Gasteiger charge is 2.35. The predicted octanol–water partition coefficient (Wildman–Crippen LogP) is 5.06. The minimum absolute atomic E-state index is 0.00304. The number of fused-ring (bicyclic) bond motifs is 2. The molecule has 27 heavy (non-hydrogen) atoms. The fourth-order valence-electron chi connectivity index (χ4n) is 3.51. The Hall–Kier alpha value is -3.01. The topological polar surface area (TPSA) is 54.1 Å². The maximum absolute atomic E-state index is 13.3. The maximum atomic E-state index is 13.3. The highest BCUT2D eigenvalue weighted by atomic mass is 16.5. The summed E-state index contributed by atoms with van der Waals surface area (Å²) in [4.78, 5) is 16.7. The number of aromatic amines is 1. The van der Waals surface area contributed by atoms with E-state index >= 15 is 0 Å². The summed E-state index contributed by atoms with van der Waals surface area (Å²) in [6.45, 7) is 8.23. The molecule has 1 unspecified atom stereocenters. The van der Waals surface area contributed by atoms with Crippen molar-refractivity contribution in [2.24, 2.45) is 0 Å². The number of ether oxygens (including phenoxy) is 1. The summed E-state index contributed by atoms with van der Waals surface area (Å²) in [5.41, 5.74) is 4.14. The van der Waals surface area contributed by atoms with Crippen molar-refractivity contribution in [1.29, 1.82) is 0 Å². The first-order valence-corrected chi connectivity index (χ1v) is 9.20. The lowest BCUT2D eigenvalue weighted by Crippen LogP contribution is -2.34. The van der Waals surface area contributed by atoms with E-state index in [1.807, 2.05) is 55.6 Å². The van der Waals surface area contributed by atoms with Crippen LogP contribution in [0.1, 0.15) is 48.5 Å². The number of para-hydroxylation sites is 2. The van der Waals surface area contributed by atoms with E-state index in [1.54, 1.807) is 0 Å². The third-order valence-electron chi connectivity index (χ3n) is 4.79. The second-order valence-electron chi connectivity index (χ2n) is 8.03. The van der Waals surface area contributed by atoms with E-state index in [9.17, 15) is 4.79 Å². The van der Waals surface area contributed by atoms with E-state index in [1.165, 1.54) is 0 Å². The van der Waals surface area contributed by atoms with Crippen molar-refractivity contribution >= 4 is 16.7 Å². The first-order valence-electron chi connectivity index (χ1n) is 9.20. The van der Waals surface area contributed by atoms with Crippen molar-refractivity contribution in [2.75, 3.05) is 0 Å². The first-order chi connectivity index (χ1) is 12.8. The van der Waals surface area contributed by atoms with Gasteiger partial charge in [-0.15, -0.1) is 0 Å². The number of nitrogens with one attached hydrogen (secondary N) is 2. The lowest BCUT2D eigenvalue weighted by atomic mass is 9.90. The molecule has 4 nitrogen and oxygen atoms in total. The summed E-state index contributed by atoms with van der Waals surface area (Å²) in [6.07, 6.45) is 1.36. The van der Waals surface area contributed by atoms with Crippen LogP contribution in [0.4, 0.5) is 0 Å². The Labute approximate surface area is 159 Å². The molecule has 2 N–H and O–H groups in total. The summed E-state index contributed by atoms with van der Waals surface area (Å²) in [5, 5.41) is 4.42. The molecule has 0 bridgehead atoms. The summed E-state index contributed by atoms with van der Waals surface area (Å²) in [6, 6.07) is 15.6. The summed E-state index contributed by atoms with van der Waals surface area (Å²) >= 11 is 0. The molecule has 0 saturated heterocycles. The molecule has 0 spiro atoms. The third-order valence-corrected chi connectivity index (χ3v) is 4.79. The van der Waals surface area contributed by atoms with E-state index in [0.717, 1.165) is 22.2 Å². The summed E-state index contributed by atoms with van der Waals surface area (Å²) < 4.78 is 6.36. The fraction of sp³-hybridized carbons (Fsp3) is 0.261. The zero-order valence-corrected chi connectivity index (χ0v) is 16.1. The molecule has 1 aliphatic heterocycles. The van der Waals surface area contributed by atoms with E-state index in [0.29, 0.717) is 16.9 Å². The van der Waals surface area contributed by atoms with Crippen LogP contribution in [-0.4, -0.2) is 16.3 Å². The zero-order chi connectivity index (χ0) is 19.2. The third kappa shape index (κ3) is 3.12. The number of carbonyl (C=O) groups excluding carboxylic acids is 1. The highest BCUT2D eigenvalue weighted by Crippen LogP contribution is 2.41. The summed E-state index contributed by atoms with van der Waals surface area (Å²) in [7, 11) is 0. The first kappa shape index (κ1) is 17.4. The lowest BCUT2D eigenvalue weighted by molar-refractivity contribution is 0.0960. The quantitative estimate of drug-likeness (QED) is 0.628. The van der Waals surface area contributed by atoms with Gasteiger partial charge in [-0.1, -0.05) is 30.3 Å². The van der Waals surface area contributed by atoms with Gasteiger partial charge in [0.15, 0.2) is 11.9 Å². The van der Waals surface area contributed by atoms with E-state index in [-0.39, 0.29) is 11.3 Å². The molecule has 1 atom stereocenters. The van der Waals surface area contributed by atoms with Crippen molar-refractivity contribution in [3.05, 3.63) is 77.1 Å². The molecule has 138 valence electrons. The Kier molecular flexibility index (Phi) is 4.06. The Morgan fingerprint density at radius 2 is 1.78 bits per heavy atom. The minimum atomic E-state index is -0.460. The molecule has 2 aromatic carbocycles. The number of hydrogen-bond donors (Lipinski definition) is 2. The zero-order valence-electron chi connectivity index (χ0n) is 16.1. The van der Waals surface area contributed by atoms with Gasteiger partial charge in [-0.25, -0.2) is 0 Å². The molecule has 0 saturated carbocycles. The van der Waals surface area contributed by atoms with Crippen LogP contribution in [-0.2, 0) is 0 Å². The molecule has 0 fully saturated rings. The molecule has 3 aromatic rings. The minimum Gasteiger partial charge on any atom is -0.480 e. The van der Waals surface area contributed by atoms with Gasteiger partial charge >= 0.3 is 0 Å². The maximum Gasteiger partial charge on any atom is 0.198 e. The number of carbonyl (C=O) groups is 1. The van der Waals surface area contributed by atoms with Gasteiger partial charge in [0, 0.05) is 33.9 Å². The van der Waals surface area contributed by atoms with Gasteiger partial charge < -0.3 is 15.0 Å². The van der Waals surface area contributed by atoms with Crippen molar-refractivity contribution in [1.82, 2.24) is 10.3 Å². The average Bonchev–Trinajstić information content (AvgIpc) is 2.95. The van der Waals surface area contributed by atoms with Crippen molar-refractivity contribution in [2.45, 2.75) is 39.3 Å². The SMILES string of the molecule is Cc1[nH]c2ccccc2c1C1Oc2ccccc2C(=O)/C1=C\NC(C)(C)C. The Bertz CT molecular complexity index is 1050. The number of H-pyrrole nitrogens is 1.